The standard InChI is InChI=1S/C27H30FN7O/c1-5-6-7-22-21(28)12-13-24(30-22)35-25-19(14-29-35)26(36)32-27(31-25)34-15-20(23(16-34)33(3)4)18-10-8-17(2)9-11-18/h8-14,20H,5-7,15-16H2,1-4H3/p+1. The molecule has 5 rings (SSSR count). The maximum absolute atomic E-state index is 14.3. The number of aromatic nitrogens is 5. The molecule has 1 aromatic carbocycles. The Balaban J connectivity index is 1.54. The van der Waals surface area contributed by atoms with Crippen LogP contribution in [0.2, 0.25) is 0 Å². The van der Waals surface area contributed by atoms with Crippen LogP contribution in [0.1, 0.15) is 42.5 Å². The highest BCUT2D eigenvalue weighted by atomic mass is 19.1. The van der Waals surface area contributed by atoms with Crippen molar-refractivity contribution in [2.24, 2.45) is 0 Å². The van der Waals surface area contributed by atoms with Crippen molar-refractivity contribution < 1.29 is 8.97 Å². The highest BCUT2D eigenvalue weighted by molar-refractivity contribution is 5.94. The minimum Gasteiger partial charge on any atom is -0.331 e. The van der Waals surface area contributed by atoms with Gasteiger partial charge >= 0.3 is 0 Å². The zero-order valence-corrected chi connectivity index (χ0v) is 21.1. The van der Waals surface area contributed by atoms with Crippen molar-refractivity contribution in [1.82, 2.24) is 24.7 Å². The van der Waals surface area contributed by atoms with Gasteiger partial charge in [0.1, 0.15) is 31.8 Å². The Morgan fingerprint density at radius 1 is 1.14 bits per heavy atom. The number of hydrogen-bond acceptors (Lipinski definition) is 5. The third kappa shape index (κ3) is 4.41. The number of rotatable bonds is 6. The van der Waals surface area contributed by atoms with E-state index in [4.69, 9.17) is 4.98 Å². The minimum absolute atomic E-state index is 0.186. The first-order chi connectivity index (χ1) is 17.4. The van der Waals surface area contributed by atoms with E-state index >= 15 is 0 Å². The maximum Gasteiger partial charge on any atom is 0.263 e. The fraction of sp³-hybridized carbons (Fsp3) is 0.370. The number of benzene rings is 1. The van der Waals surface area contributed by atoms with Crippen LogP contribution in [0.4, 0.5) is 10.3 Å². The quantitative estimate of drug-likeness (QED) is 0.419. The molecule has 1 N–H and O–H groups in total. The van der Waals surface area contributed by atoms with Crippen LogP contribution < -0.4 is 10.5 Å². The number of aryl methyl sites for hydroxylation is 2. The van der Waals surface area contributed by atoms with Gasteiger partial charge in [0, 0.05) is 6.54 Å². The molecule has 8 nitrogen and oxygen atoms in total. The van der Waals surface area contributed by atoms with Gasteiger partial charge in [-0.15, -0.1) is 0 Å². The van der Waals surface area contributed by atoms with E-state index in [1.54, 1.807) is 6.07 Å². The number of fused-ring (bicyclic) bond motifs is 1. The van der Waals surface area contributed by atoms with Gasteiger partial charge in [0.05, 0.1) is 17.8 Å². The van der Waals surface area contributed by atoms with Crippen molar-refractivity contribution in [3.8, 4) is 5.82 Å². The minimum atomic E-state index is -0.332. The summed E-state index contributed by atoms with van der Waals surface area (Å²) in [5.41, 5.74) is 4.23. The lowest BCUT2D eigenvalue weighted by Crippen LogP contribution is -2.26. The van der Waals surface area contributed by atoms with Gasteiger partial charge in [0.2, 0.25) is 5.95 Å². The van der Waals surface area contributed by atoms with E-state index in [0.29, 0.717) is 48.0 Å². The molecule has 0 amide bonds. The summed E-state index contributed by atoms with van der Waals surface area (Å²) in [7, 11) is 4.09. The number of nitrogens with one attached hydrogen (secondary N) is 1. The van der Waals surface area contributed by atoms with E-state index in [1.165, 1.54) is 33.8 Å². The zero-order valence-electron chi connectivity index (χ0n) is 21.1. The van der Waals surface area contributed by atoms with Crippen molar-refractivity contribution in [2.75, 3.05) is 32.1 Å². The Kier molecular flexibility index (Phi) is 6.38. The van der Waals surface area contributed by atoms with E-state index in [-0.39, 0.29) is 17.3 Å². The van der Waals surface area contributed by atoms with Gasteiger partial charge in [-0.3, -0.25) is 9.78 Å². The molecule has 0 saturated carbocycles. The Hall–Kier alpha value is -3.88. The molecule has 4 heterocycles. The van der Waals surface area contributed by atoms with Crippen molar-refractivity contribution >= 4 is 22.7 Å². The molecular formula is C27H31FN7O+. The summed E-state index contributed by atoms with van der Waals surface area (Å²) in [5.74, 6) is 0.783. The third-order valence-electron chi connectivity index (χ3n) is 6.83. The Bertz CT molecular complexity index is 1500. The average Bonchev–Trinajstić information content (AvgIpc) is 3.50. The summed E-state index contributed by atoms with van der Waals surface area (Å²) in [4.78, 5) is 27.3. The highest BCUT2D eigenvalue weighted by Crippen LogP contribution is 2.28. The second-order valence-electron chi connectivity index (χ2n) is 9.61. The number of unbranched alkanes of at least 4 members (excludes halogenated alkanes) is 1. The van der Waals surface area contributed by atoms with Crippen molar-refractivity contribution in [1.29, 1.82) is 0 Å². The second kappa shape index (κ2) is 9.64. The molecule has 186 valence electrons. The third-order valence-corrected chi connectivity index (χ3v) is 6.83. The van der Waals surface area contributed by atoms with Crippen LogP contribution in [-0.2, 0) is 6.42 Å². The Morgan fingerprint density at radius 3 is 2.64 bits per heavy atom. The van der Waals surface area contributed by atoms with Gasteiger partial charge in [0.15, 0.2) is 17.2 Å². The van der Waals surface area contributed by atoms with Gasteiger partial charge < -0.3 is 4.90 Å². The molecule has 1 atom stereocenters. The van der Waals surface area contributed by atoms with Gasteiger partial charge in [-0.25, -0.2) is 13.9 Å². The normalized spacial score (nSPS) is 15.8. The average molecular weight is 489 g/mol. The van der Waals surface area contributed by atoms with Gasteiger partial charge in [-0.2, -0.15) is 14.8 Å². The zero-order chi connectivity index (χ0) is 25.4. The molecule has 3 aromatic heterocycles. The molecule has 1 unspecified atom stereocenters. The lowest BCUT2D eigenvalue weighted by Gasteiger charge is -2.16. The number of halogens is 1. The number of nitrogens with zero attached hydrogens (tertiary/aromatic N) is 6. The first-order valence-electron chi connectivity index (χ1n) is 12.3. The number of aromatic amines is 1. The van der Waals surface area contributed by atoms with Crippen molar-refractivity contribution in [3.63, 3.8) is 0 Å². The fourth-order valence-electron chi connectivity index (χ4n) is 4.74. The molecule has 9 heteroatoms. The van der Waals surface area contributed by atoms with Crippen LogP contribution in [0.15, 0.2) is 47.4 Å². The van der Waals surface area contributed by atoms with Crippen LogP contribution in [0.3, 0.4) is 0 Å². The Labute approximate surface area is 209 Å². The number of H-pyrrole nitrogens is 1. The summed E-state index contributed by atoms with van der Waals surface area (Å²) < 4.78 is 18.0. The fourth-order valence-corrected chi connectivity index (χ4v) is 4.74. The lowest BCUT2D eigenvalue weighted by molar-refractivity contribution is -0.466. The largest absolute Gasteiger partial charge is 0.331 e. The first kappa shape index (κ1) is 23.8. The first-order valence-corrected chi connectivity index (χ1v) is 12.3. The Morgan fingerprint density at radius 2 is 1.92 bits per heavy atom. The van der Waals surface area contributed by atoms with E-state index in [1.807, 2.05) is 14.1 Å². The molecule has 36 heavy (non-hydrogen) atoms. The number of hydrogen-bond donors (Lipinski definition) is 1. The van der Waals surface area contributed by atoms with Gasteiger partial charge in [-0.1, -0.05) is 43.2 Å². The van der Waals surface area contributed by atoms with Gasteiger partial charge in [-0.05, 0) is 37.5 Å². The van der Waals surface area contributed by atoms with Crippen molar-refractivity contribution in [2.45, 2.75) is 39.0 Å². The van der Waals surface area contributed by atoms with Crippen molar-refractivity contribution in [3.05, 3.63) is 75.6 Å². The summed E-state index contributed by atoms with van der Waals surface area (Å²) in [6, 6.07) is 11.6. The van der Waals surface area contributed by atoms with Gasteiger partial charge in [0.25, 0.3) is 5.56 Å². The molecule has 1 aliphatic heterocycles. The smallest absolute Gasteiger partial charge is 0.263 e. The predicted molar refractivity (Wildman–Crippen MR) is 139 cm³/mol. The molecule has 0 spiro atoms. The molecule has 1 saturated heterocycles. The van der Waals surface area contributed by atoms with Crippen LogP contribution in [0, 0.1) is 12.7 Å². The van der Waals surface area contributed by atoms with Crippen LogP contribution in [-0.4, -0.2) is 62.2 Å². The van der Waals surface area contributed by atoms with E-state index in [0.717, 1.165) is 12.8 Å². The molecule has 1 fully saturated rings. The van der Waals surface area contributed by atoms with Crippen LogP contribution >= 0.6 is 0 Å². The summed E-state index contributed by atoms with van der Waals surface area (Å²) in [6.45, 7) is 5.47. The molecule has 0 radical (unpaired) electrons. The predicted octanol–water partition coefficient (Wildman–Crippen LogP) is 3.61. The van der Waals surface area contributed by atoms with E-state index in [9.17, 15) is 9.18 Å². The summed E-state index contributed by atoms with van der Waals surface area (Å²) in [6.07, 6.45) is 3.82. The topological polar surface area (TPSA) is 82.7 Å². The monoisotopic (exact) mass is 488 g/mol. The maximum atomic E-state index is 14.3. The number of pyridine rings is 1. The van der Waals surface area contributed by atoms with Crippen LogP contribution in [0.25, 0.3) is 16.9 Å². The second-order valence-corrected chi connectivity index (χ2v) is 9.61. The molecule has 0 bridgehead atoms. The summed E-state index contributed by atoms with van der Waals surface area (Å²) >= 11 is 0. The van der Waals surface area contributed by atoms with Crippen LogP contribution in [0.5, 0.6) is 0 Å². The lowest BCUT2D eigenvalue weighted by atomic mass is 9.95. The molecule has 1 aliphatic rings. The highest BCUT2D eigenvalue weighted by Gasteiger charge is 2.36. The SMILES string of the molecule is CCCCc1nc(-n2ncc3c(=O)[nH]c(N4CC(=[N+](C)C)C(c5ccc(C)cc5)C4)nc32)ccc1F. The molecule has 0 aliphatic carbocycles. The van der Waals surface area contributed by atoms with E-state index in [2.05, 4.69) is 62.7 Å². The molecular weight excluding hydrogens is 457 g/mol. The van der Waals surface area contributed by atoms with E-state index < -0.39 is 0 Å². The molecule has 4 aromatic rings. The summed E-state index contributed by atoms with van der Waals surface area (Å²) in [5, 5.41) is 4.74. The number of anilines is 1.